The van der Waals surface area contributed by atoms with Gasteiger partial charge in [-0.1, -0.05) is 0 Å². The Morgan fingerprint density at radius 2 is 1.81 bits per heavy atom. The van der Waals surface area contributed by atoms with Gasteiger partial charge in [-0.2, -0.15) is 5.26 Å². The molecule has 108 valence electrons. The molecule has 2 rings (SSSR count). The number of nitrogens with zero attached hydrogens (tertiary/aromatic N) is 1. The van der Waals surface area contributed by atoms with E-state index < -0.39 is 15.8 Å². The maximum atomic E-state index is 13.0. The third-order valence-corrected chi connectivity index (χ3v) is 4.42. The first-order valence-corrected chi connectivity index (χ1v) is 7.61. The van der Waals surface area contributed by atoms with Crippen molar-refractivity contribution < 1.29 is 12.8 Å². The standard InChI is InChI=1S/C15H13FN2O2S/c1-10-8-14(5-3-12(10)9-17)21(19,20)18-15-6-4-13(16)7-11(15)2/h3-8,18H,1-2H3. The highest BCUT2D eigenvalue weighted by molar-refractivity contribution is 7.92. The number of anilines is 1. The fourth-order valence-electron chi connectivity index (χ4n) is 1.87. The average molecular weight is 304 g/mol. The Morgan fingerprint density at radius 3 is 2.38 bits per heavy atom. The quantitative estimate of drug-likeness (QED) is 0.947. The van der Waals surface area contributed by atoms with Crippen LogP contribution in [0.4, 0.5) is 10.1 Å². The minimum Gasteiger partial charge on any atom is -0.279 e. The molecule has 0 fully saturated rings. The predicted molar refractivity (Wildman–Crippen MR) is 77.8 cm³/mol. The topological polar surface area (TPSA) is 70.0 Å². The number of benzene rings is 2. The molecule has 6 heteroatoms. The van der Waals surface area contributed by atoms with Gasteiger partial charge in [-0.3, -0.25) is 4.72 Å². The van der Waals surface area contributed by atoms with Gasteiger partial charge < -0.3 is 0 Å². The van der Waals surface area contributed by atoms with Gasteiger partial charge >= 0.3 is 0 Å². The van der Waals surface area contributed by atoms with E-state index in [1.54, 1.807) is 13.8 Å². The van der Waals surface area contributed by atoms with Gasteiger partial charge in [-0.05, 0) is 61.4 Å². The van der Waals surface area contributed by atoms with E-state index in [1.807, 2.05) is 6.07 Å². The van der Waals surface area contributed by atoms with Crippen molar-refractivity contribution in [2.75, 3.05) is 4.72 Å². The third-order valence-electron chi connectivity index (χ3n) is 3.06. The van der Waals surface area contributed by atoms with Crippen LogP contribution in [-0.4, -0.2) is 8.42 Å². The maximum Gasteiger partial charge on any atom is 0.261 e. The fourth-order valence-corrected chi connectivity index (χ4v) is 3.09. The van der Waals surface area contributed by atoms with Gasteiger partial charge in [0.15, 0.2) is 0 Å². The molecule has 0 atom stereocenters. The van der Waals surface area contributed by atoms with Gasteiger partial charge in [0.05, 0.1) is 22.2 Å². The summed E-state index contributed by atoms with van der Waals surface area (Å²) in [6, 6.07) is 10.1. The Hall–Kier alpha value is -2.39. The molecule has 0 bridgehead atoms. The first-order valence-electron chi connectivity index (χ1n) is 6.13. The van der Waals surface area contributed by atoms with E-state index in [4.69, 9.17) is 5.26 Å². The molecule has 0 saturated heterocycles. The molecule has 0 heterocycles. The number of halogens is 1. The van der Waals surface area contributed by atoms with Crippen LogP contribution in [0.15, 0.2) is 41.3 Å². The van der Waals surface area contributed by atoms with Gasteiger partial charge in [0.1, 0.15) is 5.82 Å². The predicted octanol–water partition coefficient (Wildman–Crippen LogP) is 3.12. The number of rotatable bonds is 3. The lowest BCUT2D eigenvalue weighted by molar-refractivity contribution is 0.600. The minimum atomic E-state index is -3.78. The van der Waals surface area contributed by atoms with Gasteiger partial charge in [-0.25, -0.2) is 12.8 Å². The molecule has 0 aliphatic heterocycles. The summed E-state index contributed by atoms with van der Waals surface area (Å²) in [5, 5.41) is 8.86. The summed E-state index contributed by atoms with van der Waals surface area (Å²) in [7, 11) is -3.78. The third kappa shape index (κ3) is 3.20. The molecule has 0 amide bonds. The molecule has 0 spiro atoms. The summed E-state index contributed by atoms with van der Waals surface area (Å²) in [5.74, 6) is -0.426. The maximum absolute atomic E-state index is 13.0. The van der Waals surface area contributed by atoms with E-state index in [0.29, 0.717) is 22.4 Å². The highest BCUT2D eigenvalue weighted by Crippen LogP contribution is 2.21. The highest BCUT2D eigenvalue weighted by atomic mass is 32.2. The molecule has 2 aromatic carbocycles. The summed E-state index contributed by atoms with van der Waals surface area (Å²) in [6.07, 6.45) is 0. The van der Waals surface area contributed by atoms with Crippen LogP contribution >= 0.6 is 0 Å². The molecule has 0 radical (unpaired) electrons. The van der Waals surface area contributed by atoms with E-state index in [9.17, 15) is 12.8 Å². The molecule has 0 aliphatic rings. The van der Waals surface area contributed by atoms with E-state index >= 15 is 0 Å². The molecule has 21 heavy (non-hydrogen) atoms. The zero-order valence-corrected chi connectivity index (χ0v) is 12.3. The lowest BCUT2D eigenvalue weighted by Gasteiger charge is -2.11. The molecule has 0 aliphatic carbocycles. The second kappa shape index (κ2) is 5.54. The van der Waals surface area contributed by atoms with Crippen LogP contribution in [0.3, 0.4) is 0 Å². The van der Waals surface area contributed by atoms with Crippen LogP contribution in [-0.2, 0) is 10.0 Å². The van der Waals surface area contributed by atoms with Crippen LogP contribution in [0.2, 0.25) is 0 Å². The second-order valence-corrected chi connectivity index (χ2v) is 6.34. The monoisotopic (exact) mass is 304 g/mol. The zero-order chi connectivity index (χ0) is 15.6. The Labute approximate surface area is 122 Å². The van der Waals surface area contributed by atoms with Crippen molar-refractivity contribution in [1.29, 1.82) is 5.26 Å². The van der Waals surface area contributed by atoms with E-state index in [2.05, 4.69) is 4.72 Å². The molecule has 0 saturated carbocycles. The van der Waals surface area contributed by atoms with Gasteiger partial charge in [0, 0.05) is 0 Å². The van der Waals surface area contributed by atoms with Crippen molar-refractivity contribution >= 4 is 15.7 Å². The number of aryl methyl sites for hydroxylation is 2. The smallest absolute Gasteiger partial charge is 0.261 e. The summed E-state index contributed by atoms with van der Waals surface area (Å²) < 4.78 is 40.1. The number of hydrogen-bond donors (Lipinski definition) is 1. The van der Waals surface area contributed by atoms with Crippen molar-refractivity contribution in [1.82, 2.24) is 0 Å². The van der Waals surface area contributed by atoms with Crippen LogP contribution in [0.5, 0.6) is 0 Å². The molecule has 2 aromatic rings. The number of hydrogen-bond acceptors (Lipinski definition) is 3. The van der Waals surface area contributed by atoms with Crippen LogP contribution in [0.1, 0.15) is 16.7 Å². The van der Waals surface area contributed by atoms with E-state index in [-0.39, 0.29) is 4.90 Å². The van der Waals surface area contributed by atoms with Gasteiger partial charge in [0.2, 0.25) is 0 Å². The average Bonchev–Trinajstić information content (AvgIpc) is 2.42. The van der Waals surface area contributed by atoms with E-state index in [0.717, 1.165) is 0 Å². The van der Waals surface area contributed by atoms with Crippen molar-refractivity contribution in [2.24, 2.45) is 0 Å². The van der Waals surface area contributed by atoms with Crippen LogP contribution in [0.25, 0.3) is 0 Å². The Bertz CT molecular complexity index is 839. The SMILES string of the molecule is Cc1cc(S(=O)(=O)Nc2ccc(F)cc2C)ccc1C#N. The second-order valence-electron chi connectivity index (χ2n) is 4.65. The number of nitrogens with one attached hydrogen (secondary N) is 1. The molecule has 1 N–H and O–H groups in total. The van der Waals surface area contributed by atoms with Crippen molar-refractivity contribution in [3.05, 3.63) is 58.9 Å². The van der Waals surface area contributed by atoms with Crippen molar-refractivity contribution in [3.8, 4) is 6.07 Å². The van der Waals surface area contributed by atoms with Gasteiger partial charge in [0.25, 0.3) is 10.0 Å². The molecule has 4 nitrogen and oxygen atoms in total. The van der Waals surface area contributed by atoms with Crippen molar-refractivity contribution in [2.45, 2.75) is 18.7 Å². The summed E-state index contributed by atoms with van der Waals surface area (Å²) >= 11 is 0. The van der Waals surface area contributed by atoms with Crippen LogP contribution in [0, 0.1) is 31.0 Å². The summed E-state index contributed by atoms with van der Waals surface area (Å²) in [5.41, 5.74) is 1.81. The number of sulfonamides is 1. The Kier molecular flexibility index (Phi) is 3.96. The number of nitriles is 1. The van der Waals surface area contributed by atoms with Gasteiger partial charge in [-0.15, -0.1) is 0 Å². The Balaban J connectivity index is 2.39. The summed E-state index contributed by atoms with van der Waals surface area (Å²) in [6.45, 7) is 3.28. The lowest BCUT2D eigenvalue weighted by atomic mass is 10.1. The van der Waals surface area contributed by atoms with Crippen LogP contribution < -0.4 is 4.72 Å². The largest absolute Gasteiger partial charge is 0.279 e. The minimum absolute atomic E-state index is 0.0581. The molecular weight excluding hydrogens is 291 g/mol. The molecular formula is C15H13FN2O2S. The summed E-state index contributed by atoms with van der Waals surface area (Å²) in [4.78, 5) is 0.0581. The Morgan fingerprint density at radius 1 is 1.10 bits per heavy atom. The highest BCUT2D eigenvalue weighted by Gasteiger charge is 2.16. The first-order chi connectivity index (χ1) is 9.83. The molecule has 0 aromatic heterocycles. The normalized spacial score (nSPS) is 11.0. The van der Waals surface area contributed by atoms with E-state index in [1.165, 1.54) is 36.4 Å². The van der Waals surface area contributed by atoms with Crippen molar-refractivity contribution in [3.63, 3.8) is 0 Å². The fraction of sp³-hybridized carbons (Fsp3) is 0.133. The zero-order valence-electron chi connectivity index (χ0n) is 11.5. The lowest BCUT2D eigenvalue weighted by Crippen LogP contribution is -2.14. The first kappa shape index (κ1) is 15.0. The molecule has 0 unspecified atom stereocenters.